The number of hydrogen-bond donors (Lipinski definition) is 0. The van der Waals surface area contributed by atoms with Crippen LogP contribution in [0.1, 0.15) is 0 Å². The van der Waals surface area contributed by atoms with Crippen molar-refractivity contribution >= 4 is 37.7 Å². The number of para-hydroxylation sites is 1. The van der Waals surface area contributed by atoms with Gasteiger partial charge in [0.15, 0.2) is 0 Å². The maximum atomic E-state index is 3.54. The van der Waals surface area contributed by atoms with Gasteiger partial charge in [0.1, 0.15) is 0 Å². The van der Waals surface area contributed by atoms with Gasteiger partial charge in [-0.3, -0.25) is 0 Å². The van der Waals surface area contributed by atoms with E-state index in [9.17, 15) is 0 Å². The molecule has 1 aromatic carbocycles. The summed E-state index contributed by atoms with van der Waals surface area (Å²) in [4.78, 5) is 0. The molecule has 0 atom stereocenters. The van der Waals surface area contributed by atoms with Crippen LogP contribution in [0.3, 0.4) is 0 Å². The first-order valence-electron chi connectivity index (χ1n) is 5.98. The largest absolute Gasteiger partial charge is 4.00 e. The second-order valence-electron chi connectivity index (χ2n) is 4.71. The normalized spacial score (nSPS) is 9.73. The van der Waals surface area contributed by atoms with Gasteiger partial charge in [0.05, 0.1) is 0 Å². The Bertz CT molecular complexity index is 869. The summed E-state index contributed by atoms with van der Waals surface area (Å²) in [6.07, 6.45) is 0. The Balaban J connectivity index is 0.00000110. The summed E-state index contributed by atoms with van der Waals surface area (Å²) in [7, 11) is 2.14. The van der Waals surface area contributed by atoms with Crippen molar-refractivity contribution in [3.8, 4) is 11.1 Å². The van der Waals surface area contributed by atoms with Crippen molar-refractivity contribution in [3.05, 3.63) is 53.0 Å². The van der Waals surface area contributed by atoms with Gasteiger partial charge in [-0.05, 0) is 16.8 Å². The van der Waals surface area contributed by atoms with Crippen LogP contribution in [0, 0.1) is 0 Å². The fourth-order valence-corrected chi connectivity index (χ4v) is 3.30. The summed E-state index contributed by atoms with van der Waals surface area (Å²) >= 11 is 3.54. The Morgan fingerprint density at radius 2 is 1.64 bits per heavy atom. The topological polar surface area (TPSA) is 4.93 Å². The second kappa shape index (κ2) is 8.26. The van der Waals surface area contributed by atoms with Gasteiger partial charge in [-0.25, -0.2) is 0 Å². The smallest absolute Gasteiger partial charge is 1.00 e. The van der Waals surface area contributed by atoms with E-state index in [1.807, 2.05) is 0 Å². The number of fused-ring (bicyclic) bond motifs is 5. The minimum Gasteiger partial charge on any atom is -1.00 e. The van der Waals surface area contributed by atoms with Crippen molar-refractivity contribution in [1.29, 1.82) is 0 Å². The minimum absolute atomic E-state index is 0. The minimum atomic E-state index is 0. The Morgan fingerprint density at radius 3 is 2.36 bits per heavy atom. The zero-order chi connectivity index (χ0) is 12.3. The molecule has 1 aromatic heterocycles. The van der Waals surface area contributed by atoms with E-state index in [4.69, 9.17) is 0 Å². The second-order valence-corrected chi connectivity index (χ2v) is 5.63. The molecule has 1 nitrogen and oxygen atoms in total. The van der Waals surface area contributed by atoms with Crippen LogP contribution in [0.25, 0.3) is 32.9 Å². The molecule has 6 heteroatoms. The molecule has 0 unspecified atom stereocenters. The van der Waals surface area contributed by atoms with Crippen LogP contribution >= 0.6 is 15.9 Å². The number of hydrogen-bond acceptors (Lipinski definition) is 0. The third-order valence-corrected chi connectivity index (χ3v) is 4.21. The van der Waals surface area contributed by atoms with Crippen molar-refractivity contribution in [1.82, 2.24) is 4.57 Å². The molecular weight excluding hydrogens is 484 g/mol. The average molecular weight is 495 g/mol. The molecule has 0 spiro atoms. The van der Waals surface area contributed by atoms with E-state index in [1.54, 1.807) is 0 Å². The standard InChI is InChI=1S/C16H11BrN.3ClH.Zr/c1-18-15-5-3-2-4-13(15)14-9-10-8-11(17)6-7-12(10)16(14)18;;;;/h2-9H,1H3;3*1H;/q-1;;;;+4/p-3. The molecule has 2 aromatic rings. The third-order valence-electron chi connectivity index (χ3n) is 3.71. The van der Waals surface area contributed by atoms with Crippen LogP contribution in [0.4, 0.5) is 0 Å². The van der Waals surface area contributed by atoms with Crippen LogP contribution in [0.2, 0.25) is 0 Å². The number of aromatic nitrogens is 1. The predicted molar refractivity (Wildman–Crippen MR) is 80.3 cm³/mol. The molecule has 0 saturated carbocycles. The average Bonchev–Trinajstić information content (AvgIpc) is 2.87. The van der Waals surface area contributed by atoms with E-state index in [1.165, 1.54) is 32.9 Å². The van der Waals surface area contributed by atoms with E-state index >= 15 is 0 Å². The molecule has 0 N–H and O–H groups in total. The Labute approximate surface area is 175 Å². The quantitative estimate of drug-likeness (QED) is 0.219. The number of aryl methyl sites for hydroxylation is 1. The first-order valence-corrected chi connectivity index (χ1v) is 6.77. The zero-order valence-electron chi connectivity index (χ0n) is 11.6. The van der Waals surface area contributed by atoms with E-state index in [2.05, 4.69) is 76.1 Å². The van der Waals surface area contributed by atoms with Crippen molar-refractivity contribution in [3.63, 3.8) is 0 Å². The summed E-state index contributed by atoms with van der Waals surface area (Å²) in [6.45, 7) is 0. The van der Waals surface area contributed by atoms with E-state index in [0.29, 0.717) is 0 Å². The third kappa shape index (κ3) is 3.16. The van der Waals surface area contributed by atoms with Gasteiger partial charge < -0.3 is 41.8 Å². The van der Waals surface area contributed by atoms with Gasteiger partial charge in [0.25, 0.3) is 0 Å². The SMILES string of the molecule is Cn1c2ccccc2c2cc3[cH-]c(Br)ccc-3c21.[Cl-].[Cl-].[Cl-].[Zr+4]. The molecule has 0 bridgehead atoms. The molecule has 0 fully saturated rings. The number of halogens is 4. The molecule has 112 valence electrons. The van der Waals surface area contributed by atoms with Crippen LogP contribution in [-0.4, -0.2) is 4.57 Å². The Kier molecular flexibility index (Phi) is 8.29. The molecule has 0 radical (unpaired) electrons. The van der Waals surface area contributed by atoms with Gasteiger partial charge in [-0.1, -0.05) is 44.2 Å². The molecule has 0 saturated heterocycles. The Hall–Kier alpha value is 0.0831. The first-order chi connectivity index (χ1) is 8.75. The number of benzene rings is 2. The molecule has 22 heavy (non-hydrogen) atoms. The number of nitrogens with zero attached hydrogens (tertiary/aromatic N) is 1. The fourth-order valence-electron chi connectivity index (χ4n) is 2.92. The van der Waals surface area contributed by atoms with Crippen molar-refractivity contribution < 1.29 is 63.4 Å². The summed E-state index contributed by atoms with van der Waals surface area (Å²) in [5, 5.41) is 2.68. The van der Waals surface area contributed by atoms with Crippen LogP contribution in [0.5, 0.6) is 0 Å². The van der Waals surface area contributed by atoms with Crippen LogP contribution in [-0.2, 0) is 33.3 Å². The fraction of sp³-hybridized carbons (Fsp3) is 0.0625. The maximum Gasteiger partial charge on any atom is 4.00 e. The Morgan fingerprint density at radius 1 is 0.955 bits per heavy atom. The molecule has 0 amide bonds. The van der Waals surface area contributed by atoms with E-state index in [-0.39, 0.29) is 63.4 Å². The summed E-state index contributed by atoms with van der Waals surface area (Å²) < 4.78 is 3.43. The monoisotopic (exact) mass is 491 g/mol. The van der Waals surface area contributed by atoms with Crippen LogP contribution < -0.4 is 37.2 Å². The van der Waals surface area contributed by atoms with Crippen LogP contribution in [0.15, 0.2) is 53.0 Å². The van der Waals surface area contributed by atoms with Gasteiger partial charge in [-0.2, -0.15) is 0 Å². The summed E-state index contributed by atoms with van der Waals surface area (Å²) in [6, 6.07) is 17.4. The molecule has 2 aliphatic rings. The van der Waals surface area contributed by atoms with Crippen molar-refractivity contribution in [2.45, 2.75) is 0 Å². The molecule has 0 aliphatic heterocycles. The molecular formula is C16H11BrCl3NZr. The van der Waals surface area contributed by atoms with Gasteiger partial charge in [0, 0.05) is 18.1 Å². The van der Waals surface area contributed by atoms with Crippen molar-refractivity contribution in [2.75, 3.05) is 0 Å². The van der Waals surface area contributed by atoms with E-state index in [0.717, 1.165) is 4.47 Å². The van der Waals surface area contributed by atoms with Gasteiger partial charge >= 0.3 is 26.2 Å². The van der Waals surface area contributed by atoms with E-state index < -0.39 is 0 Å². The molecule has 4 rings (SSSR count). The first kappa shape index (κ1) is 22.1. The molecule has 2 aliphatic carbocycles. The summed E-state index contributed by atoms with van der Waals surface area (Å²) in [5.74, 6) is 0. The zero-order valence-corrected chi connectivity index (χ0v) is 17.9. The van der Waals surface area contributed by atoms with Gasteiger partial charge in [-0.15, -0.1) is 29.8 Å². The summed E-state index contributed by atoms with van der Waals surface area (Å²) in [5.41, 5.74) is 5.26. The number of rotatable bonds is 0. The van der Waals surface area contributed by atoms with Crippen molar-refractivity contribution in [2.24, 2.45) is 7.05 Å². The molecule has 1 heterocycles. The maximum absolute atomic E-state index is 3.54. The van der Waals surface area contributed by atoms with Gasteiger partial charge in [0.2, 0.25) is 0 Å². The predicted octanol–water partition coefficient (Wildman–Crippen LogP) is -4.07.